The fourth-order valence-corrected chi connectivity index (χ4v) is 2.00. The Bertz CT molecular complexity index is 546. The monoisotopic (exact) mass is 272 g/mol. The summed E-state index contributed by atoms with van der Waals surface area (Å²) in [6, 6.07) is 10.2. The number of benzene rings is 1. The normalized spacial score (nSPS) is 10.8. The first-order valence-corrected chi connectivity index (χ1v) is 6.97. The molecule has 0 saturated carbocycles. The van der Waals surface area contributed by atoms with E-state index >= 15 is 0 Å². The third kappa shape index (κ3) is 3.66. The van der Waals surface area contributed by atoms with Gasteiger partial charge < -0.3 is 5.32 Å². The molecule has 0 fully saturated rings. The van der Waals surface area contributed by atoms with Crippen LogP contribution in [0.4, 0.5) is 0 Å². The minimum Gasteiger partial charge on any atom is -0.348 e. The third-order valence-corrected chi connectivity index (χ3v) is 3.28. The number of carbonyl (C=O) groups is 1. The largest absolute Gasteiger partial charge is 0.348 e. The Morgan fingerprint density at radius 1 is 1.25 bits per heavy atom. The molecule has 0 aliphatic carbocycles. The molecule has 1 aromatic carbocycles. The lowest BCUT2D eigenvalue weighted by Gasteiger charge is -2.12. The van der Waals surface area contributed by atoms with Crippen LogP contribution in [-0.2, 0) is 6.54 Å². The van der Waals surface area contributed by atoms with Gasteiger partial charge in [-0.3, -0.25) is 4.79 Å². The summed E-state index contributed by atoms with van der Waals surface area (Å²) in [5, 5.41) is 10.9. The molecule has 0 atom stereocenters. The van der Waals surface area contributed by atoms with Crippen molar-refractivity contribution in [3.05, 3.63) is 47.8 Å². The maximum Gasteiger partial charge on any atom is 0.273 e. The molecule has 0 aliphatic rings. The first-order chi connectivity index (χ1) is 9.72. The Morgan fingerprint density at radius 3 is 2.60 bits per heavy atom. The molecule has 2 aromatic rings. The van der Waals surface area contributed by atoms with E-state index in [1.54, 1.807) is 10.9 Å². The minimum atomic E-state index is -0.155. The van der Waals surface area contributed by atoms with Crippen molar-refractivity contribution in [1.29, 1.82) is 0 Å². The summed E-state index contributed by atoms with van der Waals surface area (Å²) in [6.07, 6.45) is 3.52. The molecule has 5 nitrogen and oxygen atoms in total. The van der Waals surface area contributed by atoms with Crippen LogP contribution in [0.5, 0.6) is 0 Å². The highest BCUT2D eigenvalue weighted by molar-refractivity contribution is 5.92. The summed E-state index contributed by atoms with van der Waals surface area (Å²) in [5.74, 6) is -0.155. The molecule has 20 heavy (non-hydrogen) atoms. The van der Waals surface area contributed by atoms with Crippen molar-refractivity contribution in [1.82, 2.24) is 20.3 Å². The molecule has 1 heterocycles. The molecule has 2 rings (SSSR count). The molecule has 1 amide bonds. The third-order valence-electron chi connectivity index (χ3n) is 3.28. The van der Waals surface area contributed by atoms with Crippen LogP contribution in [0.25, 0.3) is 0 Å². The highest BCUT2D eigenvalue weighted by Gasteiger charge is 2.14. The average Bonchev–Trinajstić information content (AvgIpc) is 2.94. The SMILES string of the molecule is CCC(CC)NC(=O)c1cn(Cc2ccccc2)nn1. The molecule has 106 valence electrons. The number of hydrogen-bond donors (Lipinski definition) is 1. The summed E-state index contributed by atoms with van der Waals surface area (Å²) in [6.45, 7) is 4.73. The fourth-order valence-electron chi connectivity index (χ4n) is 2.00. The lowest BCUT2D eigenvalue weighted by molar-refractivity contribution is 0.0929. The van der Waals surface area contributed by atoms with E-state index < -0.39 is 0 Å². The van der Waals surface area contributed by atoms with Crippen molar-refractivity contribution >= 4 is 5.91 Å². The van der Waals surface area contributed by atoms with Crippen LogP contribution in [0.2, 0.25) is 0 Å². The molecule has 0 spiro atoms. The molecule has 0 saturated heterocycles. The fraction of sp³-hybridized carbons (Fsp3) is 0.400. The average molecular weight is 272 g/mol. The molecule has 5 heteroatoms. The summed E-state index contributed by atoms with van der Waals surface area (Å²) >= 11 is 0. The van der Waals surface area contributed by atoms with Crippen LogP contribution in [0.3, 0.4) is 0 Å². The number of aromatic nitrogens is 3. The Kier molecular flexibility index (Phi) is 4.87. The molecule has 1 N–H and O–H groups in total. The standard InChI is InChI=1S/C15H20N4O/c1-3-13(4-2)16-15(20)14-11-19(18-17-14)10-12-8-6-5-7-9-12/h5-9,11,13H,3-4,10H2,1-2H3,(H,16,20). The Balaban J connectivity index is 2.00. The molecule has 0 unspecified atom stereocenters. The van der Waals surface area contributed by atoms with E-state index in [1.165, 1.54) is 0 Å². The van der Waals surface area contributed by atoms with Crippen LogP contribution in [0.1, 0.15) is 42.7 Å². The highest BCUT2D eigenvalue weighted by Crippen LogP contribution is 2.03. The summed E-state index contributed by atoms with van der Waals surface area (Å²) in [5.41, 5.74) is 1.50. The smallest absolute Gasteiger partial charge is 0.273 e. The van der Waals surface area contributed by atoms with Crippen LogP contribution < -0.4 is 5.32 Å². The Hall–Kier alpha value is -2.17. The van der Waals surface area contributed by atoms with Crippen molar-refractivity contribution in [3.63, 3.8) is 0 Å². The van der Waals surface area contributed by atoms with Gasteiger partial charge in [0.05, 0.1) is 12.7 Å². The van der Waals surface area contributed by atoms with Crippen molar-refractivity contribution in [2.24, 2.45) is 0 Å². The van der Waals surface area contributed by atoms with Gasteiger partial charge in [0, 0.05) is 6.04 Å². The highest BCUT2D eigenvalue weighted by atomic mass is 16.2. The van der Waals surface area contributed by atoms with Crippen molar-refractivity contribution in [2.75, 3.05) is 0 Å². The number of amides is 1. The predicted molar refractivity (Wildman–Crippen MR) is 77.4 cm³/mol. The lowest BCUT2D eigenvalue weighted by Crippen LogP contribution is -2.34. The maximum absolute atomic E-state index is 12.0. The summed E-state index contributed by atoms with van der Waals surface area (Å²) in [4.78, 5) is 12.0. The van der Waals surface area contributed by atoms with Gasteiger partial charge in [-0.1, -0.05) is 49.4 Å². The number of carbonyl (C=O) groups excluding carboxylic acids is 1. The van der Waals surface area contributed by atoms with Crippen molar-refractivity contribution in [2.45, 2.75) is 39.3 Å². The topological polar surface area (TPSA) is 59.8 Å². The van der Waals surface area contributed by atoms with Gasteiger partial charge >= 0.3 is 0 Å². The van der Waals surface area contributed by atoms with Gasteiger partial charge in [-0.15, -0.1) is 5.10 Å². The van der Waals surface area contributed by atoms with E-state index in [0.717, 1.165) is 18.4 Å². The zero-order chi connectivity index (χ0) is 14.4. The van der Waals surface area contributed by atoms with E-state index in [1.807, 2.05) is 30.3 Å². The van der Waals surface area contributed by atoms with Crippen LogP contribution in [0.15, 0.2) is 36.5 Å². The molecule has 1 aromatic heterocycles. The van der Waals surface area contributed by atoms with Gasteiger partial charge in [0.1, 0.15) is 0 Å². The lowest BCUT2D eigenvalue weighted by atomic mass is 10.2. The van der Waals surface area contributed by atoms with E-state index in [-0.39, 0.29) is 11.9 Å². The zero-order valence-corrected chi connectivity index (χ0v) is 11.9. The van der Waals surface area contributed by atoms with Gasteiger partial charge in [-0.2, -0.15) is 0 Å². The number of nitrogens with one attached hydrogen (secondary N) is 1. The Morgan fingerprint density at radius 2 is 1.95 bits per heavy atom. The van der Waals surface area contributed by atoms with Gasteiger partial charge in [0.15, 0.2) is 5.69 Å². The minimum absolute atomic E-state index is 0.155. The van der Waals surface area contributed by atoms with Gasteiger partial charge in [0.25, 0.3) is 5.91 Å². The number of rotatable bonds is 6. The first-order valence-electron chi connectivity index (χ1n) is 6.97. The molecular formula is C15H20N4O. The molecule has 0 bridgehead atoms. The number of nitrogens with zero attached hydrogens (tertiary/aromatic N) is 3. The van der Waals surface area contributed by atoms with Crippen LogP contribution in [0, 0.1) is 0 Å². The predicted octanol–water partition coefficient (Wildman–Crippen LogP) is 2.24. The van der Waals surface area contributed by atoms with Gasteiger partial charge in [-0.25, -0.2) is 4.68 Å². The quantitative estimate of drug-likeness (QED) is 0.877. The Labute approximate surface area is 119 Å². The second-order valence-electron chi connectivity index (χ2n) is 4.77. The second-order valence-corrected chi connectivity index (χ2v) is 4.77. The molecule has 0 aliphatic heterocycles. The number of hydrogen-bond acceptors (Lipinski definition) is 3. The van der Waals surface area contributed by atoms with Crippen LogP contribution >= 0.6 is 0 Å². The zero-order valence-electron chi connectivity index (χ0n) is 11.9. The van der Waals surface area contributed by atoms with E-state index in [0.29, 0.717) is 12.2 Å². The summed E-state index contributed by atoms with van der Waals surface area (Å²) in [7, 11) is 0. The molecular weight excluding hydrogens is 252 g/mol. The molecule has 0 radical (unpaired) electrons. The van der Waals surface area contributed by atoms with Crippen molar-refractivity contribution < 1.29 is 4.79 Å². The van der Waals surface area contributed by atoms with E-state index in [2.05, 4.69) is 29.5 Å². The van der Waals surface area contributed by atoms with Gasteiger partial charge in [-0.05, 0) is 18.4 Å². The first kappa shape index (κ1) is 14.2. The van der Waals surface area contributed by atoms with E-state index in [9.17, 15) is 4.79 Å². The maximum atomic E-state index is 12.0. The summed E-state index contributed by atoms with van der Waals surface area (Å²) < 4.78 is 1.68. The second kappa shape index (κ2) is 6.84. The van der Waals surface area contributed by atoms with Crippen molar-refractivity contribution in [3.8, 4) is 0 Å². The van der Waals surface area contributed by atoms with E-state index in [4.69, 9.17) is 0 Å². The van der Waals surface area contributed by atoms with Gasteiger partial charge in [0.2, 0.25) is 0 Å². The van der Waals surface area contributed by atoms with Crippen LogP contribution in [-0.4, -0.2) is 26.9 Å².